The Labute approximate surface area is 154 Å². The van der Waals surface area contributed by atoms with Gasteiger partial charge in [0.05, 0.1) is 13.2 Å². The molecule has 2 N–H and O–H groups in total. The molecule has 1 unspecified atom stereocenters. The normalized spacial score (nSPS) is 12.8. The number of benzene rings is 2. The molecule has 0 spiro atoms. The third-order valence-corrected chi connectivity index (χ3v) is 4.18. The Hall–Kier alpha value is -2.60. The predicted molar refractivity (Wildman–Crippen MR) is 104 cm³/mol. The number of rotatable bonds is 7. The number of likely N-dealkylation sites (N-methyl/N-ethyl adjacent to an activating group) is 1. The van der Waals surface area contributed by atoms with E-state index < -0.39 is 0 Å². The second-order valence-corrected chi connectivity index (χ2v) is 6.19. The number of nitrogens with one attached hydrogen (secondary N) is 2. The molecule has 0 aliphatic rings. The zero-order chi connectivity index (χ0) is 18.9. The molecule has 26 heavy (non-hydrogen) atoms. The van der Waals surface area contributed by atoms with E-state index in [2.05, 4.69) is 20.5 Å². The molecule has 2 aromatic rings. The molecule has 0 aromatic heterocycles. The van der Waals surface area contributed by atoms with Gasteiger partial charge in [-0.15, -0.1) is 0 Å². The van der Waals surface area contributed by atoms with Crippen molar-refractivity contribution in [3.8, 4) is 5.75 Å². The maximum Gasteiger partial charge on any atom is 0.191 e. The maximum absolute atomic E-state index is 13.2. The van der Waals surface area contributed by atoms with Gasteiger partial charge in [0, 0.05) is 20.1 Å². The summed E-state index contributed by atoms with van der Waals surface area (Å²) in [6, 6.07) is 14.6. The van der Waals surface area contributed by atoms with E-state index in [1.807, 2.05) is 50.5 Å². The molecule has 0 radical (unpaired) electrons. The van der Waals surface area contributed by atoms with Gasteiger partial charge in [-0.1, -0.05) is 24.3 Å². The summed E-state index contributed by atoms with van der Waals surface area (Å²) in [7, 11) is 7.40. The van der Waals surface area contributed by atoms with Gasteiger partial charge in [-0.2, -0.15) is 0 Å². The SMILES string of the molecule is CN=C(NCc1ccc(OC)cc1)NCC(c1ccc(F)cc1)N(C)C. The maximum atomic E-state index is 13.2. The van der Waals surface area contributed by atoms with Gasteiger partial charge < -0.3 is 20.3 Å². The number of nitrogens with zero attached hydrogens (tertiary/aromatic N) is 2. The summed E-state index contributed by atoms with van der Waals surface area (Å²) in [5.74, 6) is 1.33. The Morgan fingerprint density at radius 1 is 1.08 bits per heavy atom. The van der Waals surface area contributed by atoms with Gasteiger partial charge in [-0.3, -0.25) is 4.99 Å². The molecule has 0 aliphatic carbocycles. The molecular formula is C20H27FN4O. The van der Waals surface area contributed by atoms with Crippen molar-refractivity contribution in [2.45, 2.75) is 12.6 Å². The van der Waals surface area contributed by atoms with Crippen LogP contribution in [0.3, 0.4) is 0 Å². The fourth-order valence-electron chi connectivity index (χ4n) is 2.63. The minimum Gasteiger partial charge on any atom is -0.497 e. The molecule has 0 fully saturated rings. The second-order valence-electron chi connectivity index (χ2n) is 6.19. The first-order chi connectivity index (χ1) is 12.5. The van der Waals surface area contributed by atoms with Crippen molar-refractivity contribution in [1.82, 2.24) is 15.5 Å². The fraction of sp³-hybridized carbons (Fsp3) is 0.350. The second kappa shape index (κ2) is 9.77. The largest absolute Gasteiger partial charge is 0.497 e. The van der Waals surface area contributed by atoms with E-state index in [4.69, 9.17) is 4.74 Å². The van der Waals surface area contributed by atoms with Crippen molar-refractivity contribution in [2.75, 3.05) is 34.8 Å². The van der Waals surface area contributed by atoms with Crippen LogP contribution in [0.1, 0.15) is 17.2 Å². The lowest BCUT2D eigenvalue weighted by Crippen LogP contribution is -2.41. The van der Waals surface area contributed by atoms with Gasteiger partial charge in [0.15, 0.2) is 5.96 Å². The molecule has 0 saturated carbocycles. The third-order valence-electron chi connectivity index (χ3n) is 4.18. The van der Waals surface area contributed by atoms with E-state index in [1.165, 1.54) is 12.1 Å². The van der Waals surface area contributed by atoms with Crippen molar-refractivity contribution in [2.24, 2.45) is 4.99 Å². The summed E-state index contributed by atoms with van der Waals surface area (Å²) in [5, 5.41) is 6.63. The van der Waals surface area contributed by atoms with Crippen LogP contribution >= 0.6 is 0 Å². The topological polar surface area (TPSA) is 48.9 Å². The molecule has 1 atom stereocenters. The summed E-state index contributed by atoms with van der Waals surface area (Å²) in [5.41, 5.74) is 2.19. The highest BCUT2D eigenvalue weighted by atomic mass is 19.1. The average molecular weight is 358 g/mol. The van der Waals surface area contributed by atoms with Crippen LogP contribution in [0.15, 0.2) is 53.5 Å². The molecule has 6 heteroatoms. The van der Waals surface area contributed by atoms with Gasteiger partial charge in [0.2, 0.25) is 0 Å². The van der Waals surface area contributed by atoms with Crippen molar-refractivity contribution in [3.63, 3.8) is 0 Å². The van der Waals surface area contributed by atoms with E-state index in [1.54, 1.807) is 14.2 Å². The van der Waals surface area contributed by atoms with Gasteiger partial charge in [-0.05, 0) is 49.5 Å². The number of ether oxygens (including phenoxy) is 1. The van der Waals surface area contributed by atoms with Crippen molar-refractivity contribution in [3.05, 3.63) is 65.5 Å². The number of methoxy groups -OCH3 is 1. The lowest BCUT2D eigenvalue weighted by molar-refractivity contribution is 0.298. The quantitative estimate of drug-likeness (QED) is 0.590. The number of hydrogen-bond acceptors (Lipinski definition) is 3. The molecule has 140 valence electrons. The third kappa shape index (κ3) is 5.74. The Balaban J connectivity index is 1.92. The summed E-state index contributed by atoms with van der Waals surface area (Å²) in [6.45, 7) is 1.31. The summed E-state index contributed by atoms with van der Waals surface area (Å²) in [4.78, 5) is 6.36. The Bertz CT molecular complexity index is 699. The molecule has 0 saturated heterocycles. The van der Waals surface area contributed by atoms with Gasteiger partial charge in [0.25, 0.3) is 0 Å². The van der Waals surface area contributed by atoms with Crippen LogP contribution in [0.4, 0.5) is 4.39 Å². The summed E-state index contributed by atoms with van der Waals surface area (Å²) < 4.78 is 18.3. The Morgan fingerprint density at radius 2 is 1.73 bits per heavy atom. The van der Waals surface area contributed by atoms with Crippen molar-refractivity contribution >= 4 is 5.96 Å². The van der Waals surface area contributed by atoms with Crippen LogP contribution in [0.5, 0.6) is 5.75 Å². The van der Waals surface area contributed by atoms with Crippen LogP contribution in [0.2, 0.25) is 0 Å². The van der Waals surface area contributed by atoms with Crippen LogP contribution < -0.4 is 15.4 Å². The number of guanidine groups is 1. The van der Waals surface area contributed by atoms with E-state index in [0.717, 1.165) is 22.8 Å². The summed E-state index contributed by atoms with van der Waals surface area (Å²) in [6.07, 6.45) is 0. The molecule has 0 aliphatic heterocycles. The highest BCUT2D eigenvalue weighted by Gasteiger charge is 2.14. The molecule has 2 aromatic carbocycles. The zero-order valence-electron chi connectivity index (χ0n) is 15.8. The number of aliphatic imine (C=N–C) groups is 1. The number of hydrogen-bond donors (Lipinski definition) is 2. The van der Waals surface area contributed by atoms with Crippen LogP contribution in [-0.2, 0) is 6.54 Å². The van der Waals surface area contributed by atoms with E-state index in [-0.39, 0.29) is 11.9 Å². The first kappa shape index (κ1) is 19.7. The molecule has 0 heterocycles. The van der Waals surface area contributed by atoms with Crippen LogP contribution in [0.25, 0.3) is 0 Å². The van der Waals surface area contributed by atoms with Crippen molar-refractivity contribution < 1.29 is 9.13 Å². The first-order valence-electron chi connectivity index (χ1n) is 8.53. The monoisotopic (exact) mass is 358 g/mol. The zero-order valence-corrected chi connectivity index (χ0v) is 15.8. The molecular weight excluding hydrogens is 331 g/mol. The molecule has 0 bridgehead atoms. The van der Waals surface area contributed by atoms with Crippen molar-refractivity contribution in [1.29, 1.82) is 0 Å². The van der Waals surface area contributed by atoms with Crippen LogP contribution in [0, 0.1) is 5.82 Å². The first-order valence-corrected chi connectivity index (χ1v) is 8.53. The minimum absolute atomic E-state index is 0.107. The van der Waals surface area contributed by atoms with E-state index in [9.17, 15) is 4.39 Å². The molecule has 0 amide bonds. The smallest absolute Gasteiger partial charge is 0.191 e. The van der Waals surface area contributed by atoms with Gasteiger partial charge in [0.1, 0.15) is 11.6 Å². The van der Waals surface area contributed by atoms with Crippen LogP contribution in [-0.4, -0.2) is 45.7 Å². The standard InChI is InChI=1S/C20H27FN4O/c1-22-20(23-13-15-5-11-18(26-4)12-6-15)24-14-19(25(2)3)16-7-9-17(21)10-8-16/h5-12,19H,13-14H2,1-4H3,(H2,22,23,24). The molecule has 2 rings (SSSR count). The Morgan fingerprint density at radius 3 is 2.27 bits per heavy atom. The summed E-state index contributed by atoms with van der Waals surface area (Å²) >= 11 is 0. The predicted octanol–water partition coefficient (Wildman–Crippen LogP) is 2.80. The van der Waals surface area contributed by atoms with E-state index >= 15 is 0 Å². The lowest BCUT2D eigenvalue weighted by Gasteiger charge is -2.26. The highest BCUT2D eigenvalue weighted by Crippen LogP contribution is 2.17. The minimum atomic E-state index is -0.226. The van der Waals surface area contributed by atoms with Gasteiger partial charge >= 0.3 is 0 Å². The van der Waals surface area contributed by atoms with E-state index in [0.29, 0.717) is 13.1 Å². The van der Waals surface area contributed by atoms with Gasteiger partial charge in [-0.25, -0.2) is 4.39 Å². The lowest BCUT2D eigenvalue weighted by atomic mass is 10.1. The highest BCUT2D eigenvalue weighted by molar-refractivity contribution is 5.79. The fourth-order valence-corrected chi connectivity index (χ4v) is 2.63. The molecule has 5 nitrogen and oxygen atoms in total. The Kier molecular flexibility index (Phi) is 7.41. The average Bonchev–Trinajstić information content (AvgIpc) is 2.66. The number of halogens is 1.